The second-order valence-electron chi connectivity index (χ2n) is 8.15. The maximum Gasteiger partial charge on any atom is 0.261 e. The van der Waals surface area contributed by atoms with Crippen LogP contribution in [0.15, 0.2) is 29.4 Å². The summed E-state index contributed by atoms with van der Waals surface area (Å²) in [6.07, 6.45) is 4.20. The van der Waals surface area contributed by atoms with Crippen molar-refractivity contribution in [2.45, 2.75) is 19.4 Å². The lowest BCUT2D eigenvalue weighted by molar-refractivity contribution is 0.102. The Morgan fingerprint density at radius 3 is 2.94 bits per heavy atom. The van der Waals surface area contributed by atoms with Crippen LogP contribution < -0.4 is 21.3 Å². The quantitative estimate of drug-likeness (QED) is 0.336. The first-order chi connectivity index (χ1) is 15.8. The van der Waals surface area contributed by atoms with E-state index >= 15 is 0 Å². The van der Waals surface area contributed by atoms with Crippen LogP contribution in [0.4, 0.5) is 21.5 Å². The lowest BCUT2D eigenvalue weighted by Gasteiger charge is -2.24. The molecule has 0 radical (unpaired) electrons. The van der Waals surface area contributed by atoms with Crippen molar-refractivity contribution in [3.63, 3.8) is 0 Å². The first kappa shape index (κ1) is 22.5. The zero-order valence-electron chi connectivity index (χ0n) is 18.9. The topological polar surface area (TPSA) is 121 Å². The Morgan fingerprint density at radius 2 is 2.21 bits per heavy atom. The zero-order chi connectivity index (χ0) is 23.7. The highest BCUT2D eigenvalue weighted by Gasteiger charge is 2.28. The van der Waals surface area contributed by atoms with E-state index in [9.17, 15) is 14.3 Å². The number of fused-ring (bicyclic) bond motifs is 1. The fourth-order valence-corrected chi connectivity index (χ4v) is 4.37. The van der Waals surface area contributed by atoms with Crippen LogP contribution in [0.5, 0.6) is 5.75 Å². The van der Waals surface area contributed by atoms with Gasteiger partial charge in [-0.3, -0.25) is 14.5 Å². The van der Waals surface area contributed by atoms with Crippen LogP contribution in [0.25, 0.3) is 10.9 Å². The van der Waals surface area contributed by atoms with Gasteiger partial charge in [0.15, 0.2) is 5.82 Å². The number of amides is 1. The molecule has 0 aliphatic carbocycles. The number of carbonyl (C=O) groups excluding carboxylic acids is 1. The Labute approximate surface area is 191 Å². The molecule has 9 nitrogen and oxygen atoms in total. The Balaban J connectivity index is 1.68. The second kappa shape index (κ2) is 9.07. The van der Waals surface area contributed by atoms with Gasteiger partial charge in [-0.05, 0) is 25.1 Å². The van der Waals surface area contributed by atoms with Gasteiger partial charge in [-0.1, -0.05) is 6.92 Å². The van der Waals surface area contributed by atoms with Crippen LogP contribution in [0.3, 0.4) is 0 Å². The highest BCUT2D eigenvalue weighted by atomic mass is 19.1. The number of halogens is 1. The number of nitrogens with zero attached hydrogens (tertiary/aromatic N) is 4. The summed E-state index contributed by atoms with van der Waals surface area (Å²) < 4.78 is 15.9. The van der Waals surface area contributed by atoms with Crippen molar-refractivity contribution in [1.29, 1.82) is 0 Å². The SMILES string of the molecule is CCNC1CCN(c2cc(O)c(C(=O)Nc3cc(F)c4nn(C)cc4c3)c(N)c2C=NC)C1. The summed E-state index contributed by atoms with van der Waals surface area (Å²) in [6.45, 7) is 4.48. The van der Waals surface area contributed by atoms with E-state index in [1.807, 2.05) is 0 Å². The molecule has 2 heterocycles. The minimum Gasteiger partial charge on any atom is -0.507 e. The van der Waals surface area contributed by atoms with E-state index in [0.29, 0.717) is 17.0 Å². The minimum atomic E-state index is -0.642. The van der Waals surface area contributed by atoms with Crippen LogP contribution in [-0.4, -0.2) is 59.7 Å². The van der Waals surface area contributed by atoms with E-state index in [4.69, 9.17) is 5.73 Å². The molecular formula is C23H28FN7O2. The molecule has 4 rings (SSSR count). The summed E-state index contributed by atoms with van der Waals surface area (Å²) in [4.78, 5) is 19.3. The van der Waals surface area contributed by atoms with Crippen LogP contribution in [-0.2, 0) is 7.05 Å². The number of nitrogen functional groups attached to an aromatic ring is 1. The number of aromatic nitrogens is 2. The van der Waals surface area contributed by atoms with E-state index in [2.05, 4.69) is 32.5 Å². The normalized spacial score (nSPS) is 16.2. The van der Waals surface area contributed by atoms with Gasteiger partial charge in [-0.25, -0.2) is 4.39 Å². The number of nitrogens with one attached hydrogen (secondary N) is 2. The molecule has 3 aromatic rings. The number of benzene rings is 2. The molecule has 1 fully saturated rings. The molecule has 1 amide bonds. The van der Waals surface area contributed by atoms with Gasteiger partial charge in [-0.15, -0.1) is 0 Å². The molecule has 33 heavy (non-hydrogen) atoms. The maximum atomic E-state index is 14.4. The Bertz CT molecular complexity index is 1240. The van der Waals surface area contributed by atoms with E-state index in [1.54, 1.807) is 38.6 Å². The van der Waals surface area contributed by atoms with Crippen molar-refractivity contribution < 1.29 is 14.3 Å². The Morgan fingerprint density at radius 1 is 1.42 bits per heavy atom. The van der Waals surface area contributed by atoms with Crippen molar-refractivity contribution in [3.8, 4) is 5.75 Å². The highest BCUT2D eigenvalue weighted by molar-refractivity contribution is 6.14. The molecule has 1 aromatic heterocycles. The number of phenolic OH excluding ortho intramolecular Hbond substituents is 1. The van der Waals surface area contributed by atoms with E-state index in [1.165, 1.54) is 10.7 Å². The van der Waals surface area contributed by atoms with Crippen LogP contribution >= 0.6 is 0 Å². The summed E-state index contributed by atoms with van der Waals surface area (Å²) in [5.74, 6) is -1.45. The number of hydrogen-bond donors (Lipinski definition) is 4. The maximum absolute atomic E-state index is 14.4. The Hall–Kier alpha value is -3.66. The molecule has 5 N–H and O–H groups in total. The zero-order valence-corrected chi connectivity index (χ0v) is 18.9. The average Bonchev–Trinajstić information content (AvgIpc) is 3.36. The fraction of sp³-hybridized carbons (Fsp3) is 0.348. The van der Waals surface area contributed by atoms with Gasteiger partial charge in [0.2, 0.25) is 0 Å². The summed E-state index contributed by atoms with van der Waals surface area (Å²) in [5, 5.41) is 21.4. The van der Waals surface area contributed by atoms with Crippen molar-refractivity contribution in [3.05, 3.63) is 41.3 Å². The molecule has 0 spiro atoms. The summed E-state index contributed by atoms with van der Waals surface area (Å²) in [6, 6.07) is 4.69. The van der Waals surface area contributed by atoms with Crippen molar-refractivity contribution in [2.24, 2.45) is 12.0 Å². The average molecular weight is 454 g/mol. The number of aliphatic imine (C=N–C) groups is 1. The highest BCUT2D eigenvalue weighted by Crippen LogP contribution is 2.37. The number of rotatable bonds is 6. The molecule has 1 aliphatic rings. The van der Waals surface area contributed by atoms with Crippen molar-refractivity contribution in [1.82, 2.24) is 15.1 Å². The predicted molar refractivity (Wildman–Crippen MR) is 129 cm³/mol. The largest absolute Gasteiger partial charge is 0.507 e. The molecule has 0 saturated carbocycles. The van der Waals surface area contributed by atoms with Crippen LogP contribution in [0.1, 0.15) is 29.3 Å². The number of anilines is 3. The molecule has 0 bridgehead atoms. The third kappa shape index (κ3) is 4.34. The molecule has 174 valence electrons. The number of likely N-dealkylation sites (N-methyl/N-ethyl adjacent to an activating group) is 1. The predicted octanol–water partition coefficient (Wildman–Crippen LogP) is 2.49. The number of aromatic hydroxyl groups is 1. The number of carbonyl (C=O) groups is 1. The number of phenols is 1. The molecule has 1 aliphatic heterocycles. The fourth-order valence-electron chi connectivity index (χ4n) is 4.37. The second-order valence-corrected chi connectivity index (χ2v) is 8.15. The smallest absolute Gasteiger partial charge is 0.261 e. The molecule has 1 saturated heterocycles. The van der Waals surface area contributed by atoms with E-state index in [0.717, 1.165) is 31.7 Å². The minimum absolute atomic E-state index is 0.0808. The number of nitrogens with two attached hydrogens (primary N) is 1. The number of aryl methyl sites for hydroxylation is 1. The monoisotopic (exact) mass is 453 g/mol. The molecule has 1 unspecified atom stereocenters. The lowest BCUT2D eigenvalue weighted by atomic mass is 10.0. The first-order valence-corrected chi connectivity index (χ1v) is 10.8. The van der Waals surface area contributed by atoms with E-state index in [-0.39, 0.29) is 28.2 Å². The molecule has 2 aromatic carbocycles. The van der Waals surface area contributed by atoms with Gasteiger partial charge >= 0.3 is 0 Å². The first-order valence-electron chi connectivity index (χ1n) is 10.8. The molecule has 1 atom stereocenters. The summed E-state index contributed by atoms with van der Waals surface area (Å²) >= 11 is 0. The molecule has 10 heteroatoms. The number of hydrogen-bond acceptors (Lipinski definition) is 7. The third-order valence-electron chi connectivity index (χ3n) is 5.81. The van der Waals surface area contributed by atoms with Crippen LogP contribution in [0, 0.1) is 5.82 Å². The Kier molecular flexibility index (Phi) is 6.19. The molecular weight excluding hydrogens is 425 g/mol. The lowest BCUT2D eigenvalue weighted by Crippen LogP contribution is -2.32. The van der Waals surface area contributed by atoms with Gasteiger partial charge in [-0.2, -0.15) is 5.10 Å². The van der Waals surface area contributed by atoms with Crippen LogP contribution in [0.2, 0.25) is 0 Å². The van der Waals surface area contributed by atoms with Gasteiger partial charge in [0, 0.05) is 68.3 Å². The van der Waals surface area contributed by atoms with Gasteiger partial charge in [0.05, 0.1) is 11.4 Å². The van der Waals surface area contributed by atoms with Gasteiger partial charge in [0.1, 0.15) is 16.8 Å². The standard InChI is InChI=1S/C23H28FN7O2/c1-4-27-14-5-6-31(12-14)18-9-19(32)20(21(25)16(18)10-26-2)23(33)28-15-7-13-11-30(3)29-22(13)17(24)8-15/h7-11,14,27,32H,4-6,12,25H2,1-3H3,(H,28,33). The van der Waals surface area contributed by atoms with Crippen molar-refractivity contribution in [2.75, 3.05) is 42.6 Å². The third-order valence-corrected chi connectivity index (χ3v) is 5.81. The summed E-state index contributed by atoms with van der Waals surface area (Å²) in [7, 11) is 3.31. The van der Waals surface area contributed by atoms with Gasteiger partial charge in [0.25, 0.3) is 5.91 Å². The van der Waals surface area contributed by atoms with Crippen molar-refractivity contribution >= 4 is 40.1 Å². The van der Waals surface area contributed by atoms with E-state index < -0.39 is 11.7 Å². The van der Waals surface area contributed by atoms with Gasteiger partial charge < -0.3 is 26.4 Å². The summed E-state index contributed by atoms with van der Waals surface area (Å²) in [5.41, 5.74) is 8.13.